The number of nitrogens with one attached hydrogen (secondary N) is 1. The number of rotatable bonds is 4. The van der Waals surface area contributed by atoms with Gasteiger partial charge in [0.05, 0.1) is 5.69 Å². The summed E-state index contributed by atoms with van der Waals surface area (Å²) < 4.78 is 0. The summed E-state index contributed by atoms with van der Waals surface area (Å²) in [6.45, 7) is 2.91. The molecule has 6 nitrogen and oxygen atoms in total. The van der Waals surface area contributed by atoms with Gasteiger partial charge in [-0.25, -0.2) is 4.98 Å². The molecule has 0 unspecified atom stereocenters. The Balaban J connectivity index is 1.46. The highest BCUT2D eigenvalue weighted by Crippen LogP contribution is 2.27. The van der Waals surface area contributed by atoms with Crippen molar-refractivity contribution in [1.82, 2.24) is 24.8 Å². The highest BCUT2D eigenvalue weighted by Gasteiger charge is 2.22. The maximum absolute atomic E-state index is 12.1. The molecule has 1 saturated heterocycles. The fraction of sp³-hybridized carbons (Fsp3) is 0.300. The molecule has 0 radical (unpaired) electrons. The second kappa shape index (κ2) is 7.58. The van der Waals surface area contributed by atoms with Gasteiger partial charge in [-0.15, -0.1) is 0 Å². The lowest BCUT2D eigenvalue weighted by Gasteiger charge is -2.31. The molecule has 0 aliphatic carbocycles. The Morgan fingerprint density at radius 3 is 2.54 bits per heavy atom. The van der Waals surface area contributed by atoms with Crippen molar-refractivity contribution in [3.63, 3.8) is 0 Å². The van der Waals surface area contributed by atoms with Crippen LogP contribution in [0.1, 0.15) is 30.0 Å². The van der Waals surface area contributed by atoms with Crippen molar-refractivity contribution < 1.29 is 0 Å². The minimum Gasteiger partial charge on any atom is -0.306 e. The van der Waals surface area contributed by atoms with Crippen LogP contribution in [-0.4, -0.2) is 37.9 Å². The highest BCUT2D eigenvalue weighted by atomic mass is 16.1. The first kappa shape index (κ1) is 16.6. The molecule has 0 amide bonds. The van der Waals surface area contributed by atoms with Crippen molar-refractivity contribution in [1.29, 1.82) is 0 Å². The van der Waals surface area contributed by atoms with Gasteiger partial charge in [-0.2, -0.15) is 0 Å². The standard InChI is InChI=1S/C20H21N5O/c26-19-11-18(23-20(24-19)17-4-2-8-22-13-17)16-5-9-25(10-6-16)14-15-3-1-7-21-12-15/h1-4,7-8,11-13,16H,5-6,9-10,14H2,(H,23,24,26). The molecule has 4 rings (SSSR count). The van der Waals surface area contributed by atoms with Crippen LogP contribution in [0.5, 0.6) is 0 Å². The number of pyridine rings is 2. The average molecular weight is 347 g/mol. The van der Waals surface area contributed by atoms with Gasteiger partial charge in [-0.05, 0) is 49.7 Å². The van der Waals surface area contributed by atoms with E-state index in [2.05, 4.69) is 25.9 Å². The van der Waals surface area contributed by atoms with Crippen molar-refractivity contribution in [2.75, 3.05) is 13.1 Å². The van der Waals surface area contributed by atoms with E-state index in [4.69, 9.17) is 4.98 Å². The van der Waals surface area contributed by atoms with Crippen LogP contribution in [0.4, 0.5) is 0 Å². The van der Waals surface area contributed by atoms with Gasteiger partial charge < -0.3 is 4.98 Å². The van der Waals surface area contributed by atoms with Crippen LogP contribution in [0.3, 0.4) is 0 Å². The van der Waals surface area contributed by atoms with Crippen LogP contribution in [0.15, 0.2) is 59.9 Å². The lowest BCUT2D eigenvalue weighted by atomic mass is 9.93. The fourth-order valence-corrected chi connectivity index (χ4v) is 3.46. The molecular formula is C20H21N5O. The van der Waals surface area contributed by atoms with Crippen LogP contribution in [0, 0.1) is 0 Å². The number of aromatic amines is 1. The van der Waals surface area contributed by atoms with Crippen LogP contribution in [0.2, 0.25) is 0 Å². The van der Waals surface area contributed by atoms with Crippen molar-refractivity contribution >= 4 is 0 Å². The molecule has 1 fully saturated rings. The zero-order chi connectivity index (χ0) is 17.8. The number of aromatic nitrogens is 4. The molecule has 0 aromatic carbocycles. The number of hydrogen-bond acceptors (Lipinski definition) is 5. The lowest BCUT2D eigenvalue weighted by molar-refractivity contribution is 0.203. The predicted molar refractivity (Wildman–Crippen MR) is 99.6 cm³/mol. The van der Waals surface area contributed by atoms with Crippen LogP contribution in [-0.2, 0) is 6.54 Å². The molecule has 1 N–H and O–H groups in total. The molecule has 3 aromatic rings. The molecule has 132 valence electrons. The van der Waals surface area contributed by atoms with E-state index in [0.29, 0.717) is 11.7 Å². The van der Waals surface area contributed by atoms with E-state index >= 15 is 0 Å². The lowest BCUT2D eigenvalue weighted by Crippen LogP contribution is -2.33. The minimum absolute atomic E-state index is 0.105. The molecule has 26 heavy (non-hydrogen) atoms. The van der Waals surface area contributed by atoms with E-state index < -0.39 is 0 Å². The molecule has 1 aliphatic rings. The molecular weight excluding hydrogens is 326 g/mol. The molecule has 1 aliphatic heterocycles. The highest BCUT2D eigenvalue weighted by molar-refractivity contribution is 5.52. The summed E-state index contributed by atoms with van der Waals surface area (Å²) in [7, 11) is 0. The van der Waals surface area contributed by atoms with Gasteiger partial charge in [0.1, 0.15) is 5.82 Å². The van der Waals surface area contributed by atoms with E-state index in [-0.39, 0.29) is 5.56 Å². The third kappa shape index (κ3) is 3.86. The van der Waals surface area contributed by atoms with Crippen molar-refractivity contribution in [2.45, 2.75) is 25.3 Å². The Labute approximate surface area is 152 Å². The smallest absolute Gasteiger partial charge is 0.251 e. The average Bonchev–Trinajstić information content (AvgIpc) is 2.70. The molecule has 0 spiro atoms. The SMILES string of the molecule is O=c1cc(C2CCN(Cc3cccnc3)CC2)nc(-c2cccnc2)[nH]1. The van der Waals surface area contributed by atoms with Crippen molar-refractivity contribution in [2.24, 2.45) is 0 Å². The number of H-pyrrole nitrogens is 1. The Kier molecular flexibility index (Phi) is 4.84. The summed E-state index contributed by atoms with van der Waals surface area (Å²) in [5, 5.41) is 0. The summed E-state index contributed by atoms with van der Waals surface area (Å²) in [6, 6.07) is 9.48. The van der Waals surface area contributed by atoms with Gasteiger partial charge in [0, 0.05) is 48.9 Å². The summed E-state index contributed by atoms with van der Waals surface area (Å²) in [5.41, 5.74) is 2.85. The van der Waals surface area contributed by atoms with Crippen molar-refractivity contribution in [3.8, 4) is 11.4 Å². The first-order chi connectivity index (χ1) is 12.8. The van der Waals surface area contributed by atoms with Gasteiger partial charge in [0.25, 0.3) is 5.56 Å². The van der Waals surface area contributed by atoms with Gasteiger partial charge in [-0.3, -0.25) is 19.7 Å². The van der Waals surface area contributed by atoms with Crippen LogP contribution >= 0.6 is 0 Å². The monoisotopic (exact) mass is 347 g/mol. The van der Waals surface area contributed by atoms with Gasteiger partial charge in [0.2, 0.25) is 0 Å². The van der Waals surface area contributed by atoms with Gasteiger partial charge in [0.15, 0.2) is 0 Å². The van der Waals surface area contributed by atoms with E-state index in [1.54, 1.807) is 24.7 Å². The number of hydrogen-bond donors (Lipinski definition) is 1. The summed E-state index contributed by atoms with van der Waals surface area (Å²) >= 11 is 0. The Hall–Kier alpha value is -2.86. The Bertz CT molecular complexity index is 902. The van der Waals surface area contributed by atoms with Crippen LogP contribution < -0.4 is 5.56 Å². The van der Waals surface area contributed by atoms with E-state index in [9.17, 15) is 4.79 Å². The molecule has 0 atom stereocenters. The van der Waals surface area contributed by atoms with E-state index in [0.717, 1.165) is 43.7 Å². The number of piperidine rings is 1. The summed E-state index contributed by atoms with van der Waals surface area (Å²) in [5.74, 6) is 0.913. The fourth-order valence-electron chi connectivity index (χ4n) is 3.46. The molecule has 6 heteroatoms. The van der Waals surface area contributed by atoms with Gasteiger partial charge >= 0.3 is 0 Å². The minimum atomic E-state index is -0.105. The maximum Gasteiger partial charge on any atom is 0.251 e. The molecule has 0 saturated carbocycles. The summed E-state index contributed by atoms with van der Waals surface area (Å²) in [6.07, 6.45) is 9.16. The molecule has 3 aromatic heterocycles. The topological polar surface area (TPSA) is 74.8 Å². The Morgan fingerprint density at radius 2 is 1.85 bits per heavy atom. The molecule has 4 heterocycles. The largest absolute Gasteiger partial charge is 0.306 e. The zero-order valence-electron chi connectivity index (χ0n) is 14.5. The number of likely N-dealkylation sites (tertiary alicyclic amines) is 1. The van der Waals surface area contributed by atoms with Crippen molar-refractivity contribution in [3.05, 3.63) is 76.7 Å². The maximum atomic E-state index is 12.1. The van der Waals surface area contributed by atoms with Gasteiger partial charge in [-0.1, -0.05) is 6.07 Å². The second-order valence-corrected chi connectivity index (χ2v) is 6.67. The summed E-state index contributed by atoms with van der Waals surface area (Å²) in [4.78, 5) is 30.4. The van der Waals surface area contributed by atoms with Crippen LogP contribution in [0.25, 0.3) is 11.4 Å². The third-order valence-corrected chi connectivity index (χ3v) is 4.83. The molecule has 0 bridgehead atoms. The quantitative estimate of drug-likeness (QED) is 0.785. The normalized spacial score (nSPS) is 15.8. The predicted octanol–water partition coefficient (Wildman–Crippen LogP) is 2.61. The number of nitrogens with zero attached hydrogens (tertiary/aromatic N) is 4. The first-order valence-electron chi connectivity index (χ1n) is 8.91. The Morgan fingerprint density at radius 1 is 1.08 bits per heavy atom. The second-order valence-electron chi connectivity index (χ2n) is 6.67. The first-order valence-corrected chi connectivity index (χ1v) is 8.91. The van der Waals surface area contributed by atoms with E-state index in [1.165, 1.54) is 5.56 Å². The zero-order valence-corrected chi connectivity index (χ0v) is 14.5. The van der Waals surface area contributed by atoms with E-state index in [1.807, 2.05) is 24.4 Å². The third-order valence-electron chi connectivity index (χ3n) is 4.83.